The van der Waals surface area contributed by atoms with Gasteiger partial charge in [-0.15, -0.1) is 0 Å². The Morgan fingerprint density at radius 2 is 1.74 bits per heavy atom. The van der Waals surface area contributed by atoms with Gasteiger partial charge >= 0.3 is 0 Å². The minimum atomic E-state index is -1.24. The summed E-state index contributed by atoms with van der Waals surface area (Å²) in [5.74, 6) is 1.25. The van der Waals surface area contributed by atoms with Crippen LogP contribution in [-0.2, 0) is 5.67 Å². The molecule has 2 saturated heterocycles. The molecule has 2 atom stereocenters. The molecule has 2 fully saturated rings. The topological polar surface area (TPSA) is 30.5 Å². The summed E-state index contributed by atoms with van der Waals surface area (Å²) >= 11 is 0. The van der Waals surface area contributed by atoms with E-state index in [2.05, 4.69) is 5.32 Å². The van der Waals surface area contributed by atoms with Crippen molar-refractivity contribution >= 4 is 0 Å². The van der Waals surface area contributed by atoms with Gasteiger partial charge in [0.25, 0.3) is 0 Å². The predicted octanol–water partition coefficient (Wildman–Crippen LogP) is 2.78. The van der Waals surface area contributed by atoms with E-state index in [0.29, 0.717) is 42.0 Å². The highest BCUT2D eigenvalue weighted by Gasteiger charge is 2.45. The second kappa shape index (κ2) is 4.67. The summed E-state index contributed by atoms with van der Waals surface area (Å²) in [5.41, 5.74) is -0.528. The molecule has 1 aromatic rings. The van der Waals surface area contributed by atoms with Gasteiger partial charge in [-0.2, -0.15) is 0 Å². The van der Waals surface area contributed by atoms with Crippen molar-refractivity contribution in [3.05, 3.63) is 23.8 Å². The molecule has 2 aliphatic heterocycles. The van der Waals surface area contributed by atoms with Crippen molar-refractivity contribution in [3.63, 3.8) is 0 Å². The molecular formula is C15H20FNO2. The van der Waals surface area contributed by atoms with E-state index >= 15 is 4.39 Å². The Kier molecular flexibility index (Phi) is 3.13. The molecule has 104 valence electrons. The highest BCUT2D eigenvalue weighted by molar-refractivity contribution is 5.45. The van der Waals surface area contributed by atoms with E-state index in [1.165, 1.54) is 0 Å². The number of hydrogen-bond donors (Lipinski definition) is 1. The largest absolute Gasteiger partial charge is 0.493 e. The van der Waals surface area contributed by atoms with E-state index in [1.54, 1.807) is 26.4 Å². The van der Waals surface area contributed by atoms with Gasteiger partial charge < -0.3 is 14.8 Å². The second-order valence-corrected chi connectivity index (χ2v) is 5.58. The number of piperidine rings is 1. The van der Waals surface area contributed by atoms with Crippen LogP contribution in [0, 0.1) is 0 Å². The number of hydrogen-bond acceptors (Lipinski definition) is 3. The average Bonchev–Trinajstić information content (AvgIpc) is 2.77. The van der Waals surface area contributed by atoms with Crippen molar-refractivity contribution in [1.29, 1.82) is 0 Å². The molecule has 1 aromatic carbocycles. The Morgan fingerprint density at radius 1 is 1.11 bits per heavy atom. The molecule has 3 rings (SSSR count). The van der Waals surface area contributed by atoms with Crippen LogP contribution in [0.25, 0.3) is 0 Å². The van der Waals surface area contributed by atoms with Crippen LogP contribution in [-0.4, -0.2) is 26.3 Å². The number of benzene rings is 1. The number of halogens is 1. The Hall–Kier alpha value is -1.29. The Labute approximate surface area is 113 Å². The van der Waals surface area contributed by atoms with Crippen LogP contribution in [0.2, 0.25) is 0 Å². The highest BCUT2D eigenvalue weighted by atomic mass is 19.1. The molecule has 2 aliphatic rings. The molecule has 3 nitrogen and oxygen atoms in total. The fraction of sp³-hybridized carbons (Fsp3) is 0.600. The van der Waals surface area contributed by atoms with E-state index in [1.807, 2.05) is 6.07 Å². The standard InChI is InChI=1S/C15H20FNO2/c1-18-13-6-3-10(7-14(13)19-2)15(16)8-11-4-5-12(9-15)17-11/h3,6-7,11-12,17H,4-5,8-9H2,1-2H3. The van der Waals surface area contributed by atoms with Crippen molar-refractivity contribution in [3.8, 4) is 11.5 Å². The fourth-order valence-corrected chi connectivity index (χ4v) is 3.44. The van der Waals surface area contributed by atoms with Gasteiger partial charge in [0.1, 0.15) is 5.67 Å². The molecule has 0 aliphatic carbocycles. The third kappa shape index (κ3) is 2.18. The maximum Gasteiger partial charge on any atom is 0.161 e. The molecule has 19 heavy (non-hydrogen) atoms. The number of ether oxygens (including phenoxy) is 2. The molecule has 4 heteroatoms. The van der Waals surface area contributed by atoms with E-state index in [-0.39, 0.29) is 0 Å². The van der Waals surface area contributed by atoms with Crippen molar-refractivity contribution in [2.24, 2.45) is 0 Å². The van der Waals surface area contributed by atoms with Crippen LogP contribution in [0.1, 0.15) is 31.2 Å². The zero-order chi connectivity index (χ0) is 13.5. The first kappa shape index (κ1) is 12.7. The van der Waals surface area contributed by atoms with Gasteiger partial charge in [-0.25, -0.2) is 4.39 Å². The van der Waals surface area contributed by atoms with Gasteiger partial charge in [0.05, 0.1) is 14.2 Å². The molecule has 0 spiro atoms. The van der Waals surface area contributed by atoms with E-state index in [0.717, 1.165) is 12.8 Å². The van der Waals surface area contributed by atoms with Gasteiger partial charge in [-0.1, -0.05) is 6.07 Å². The average molecular weight is 265 g/mol. The third-order valence-corrected chi connectivity index (χ3v) is 4.38. The lowest BCUT2D eigenvalue weighted by Gasteiger charge is -2.35. The maximum atomic E-state index is 15.3. The lowest BCUT2D eigenvalue weighted by molar-refractivity contribution is 0.0870. The summed E-state index contributed by atoms with van der Waals surface area (Å²) in [7, 11) is 3.17. The Balaban J connectivity index is 1.93. The first-order valence-corrected chi connectivity index (χ1v) is 6.82. The predicted molar refractivity (Wildman–Crippen MR) is 71.5 cm³/mol. The third-order valence-electron chi connectivity index (χ3n) is 4.38. The van der Waals surface area contributed by atoms with Gasteiger partial charge in [0, 0.05) is 24.9 Å². The van der Waals surface area contributed by atoms with Crippen LogP contribution in [0.15, 0.2) is 18.2 Å². The summed E-state index contributed by atoms with van der Waals surface area (Å²) in [6.45, 7) is 0. The molecule has 0 aromatic heterocycles. The molecule has 2 bridgehead atoms. The number of alkyl halides is 1. The smallest absolute Gasteiger partial charge is 0.161 e. The second-order valence-electron chi connectivity index (χ2n) is 5.58. The normalized spacial score (nSPS) is 33.2. The first-order chi connectivity index (χ1) is 9.14. The molecule has 1 N–H and O–H groups in total. The van der Waals surface area contributed by atoms with Crippen LogP contribution in [0.5, 0.6) is 11.5 Å². The van der Waals surface area contributed by atoms with E-state index < -0.39 is 5.67 Å². The molecule has 0 amide bonds. The van der Waals surface area contributed by atoms with Gasteiger partial charge in [0.15, 0.2) is 11.5 Å². The van der Waals surface area contributed by atoms with E-state index in [9.17, 15) is 0 Å². The van der Waals surface area contributed by atoms with E-state index in [4.69, 9.17) is 9.47 Å². The minimum absolute atomic E-state index is 0.317. The summed E-state index contributed by atoms with van der Waals surface area (Å²) in [6, 6.07) is 6.03. The summed E-state index contributed by atoms with van der Waals surface area (Å²) in [5, 5.41) is 3.47. The monoisotopic (exact) mass is 265 g/mol. The lowest BCUT2D eigenvalue weighted by Crippen LogP contribution is -2.44. The Bertz CT molecular complexity index is 465. The number of rotatable bonds is 3. The van der Waals surface area contributed by atoms with Crippen molar-refractivity contribution in [2.75, 3.05) is 14.2 Å². The number of fused-ring (bicyclic) bond motifs is 2. The molecule has 2 unspecified atom stereocenters. The lowest BCUT2D eigenvalue weighted by atomic mass is 9.83. The summed E-state index contributed by atoms with van der Waals surface area (Å²) < 4.78 is 25.7. The fourth-order valence-electron chi connectivity index (χ4n) is 3.44. The zero-order valence-corrected chi connectivity index (χ0v) is 11.4. The summed E-state index contributed by atoms with van der Waals surface area (Å²) in [4.78, 5) is 0. The summed E-state index contributed by atoms with van der Waals surface area (Å²) in [6.07, 6.45) is 3.28. The van der Waals surface area contributed by atoms with Crippen LogP contribution in [0.3, 0.4) is 0 Å². The quantitative estimate of drug-likeness (QED) is 0.911. The van der Waals surface area contributed by atoms with Crippen molar-refractivity contribution < 1.29 is 13.9 Å². The molecular weight excluding hydrogens is 245 g/mol. The highest BCUT2D eigenvalue weighted by Crippen LogP contribution is 2.45. The minimum Gasteiger partial charge on any atom is -0.493 e. The van der Waals surface area contributed by atoms with Gasteiger partial charge in [-0.05, 0) is 30.5 Å². The van der Waals surface area contributed by atoms with Crippen molar-refractivity contribution in [1.82, 2.24) is 5.32 Å². The van der Waals surface area contributed by atoms with Crippen LogP contribution < -0.4 is 14.8 Å². The van der Waals surface area contributed by atoms with Crippen LogP contribution >= 0.6 is 0 Å². The molecule has 2 heterocycles. The van der Waals surface area contributed by atoms with Crippen molar-refractivity contribution in [2.45, 2.75) is 43.4 Å². The first-order valence-electron chi connectivity index (χ1n) is 6.82. The maximum absolute atomic E-state index is 15.3. The molecule has 0 saturated carbocycles. The van der Waals surface area contributed by atoms with Crippen LogP contribution in [0.4, 0.5) is 4.39 Å². The number of methoxy groups -OCH3 is 2. The zero-order valence-electron chi connectivity index (χ0n) is 11.4. The number of nitrogens with one attached hydrogen (secondary N) is 1. The molecule has 0 radical (unpaired) electrons. The van der Waals surface area contributed by atoms with Gasteiger partial charge in [-0.3, -0.25) is 0 Å². The SMILES string of the molecule is COc1ccc(C2(F)CC3CCC(C2)N3)cc1OC. The Morgan fingerprint density at radius 3 is 2.32 bits per heavy atom. The van der Waals surface area contributed by atoms with Gasteiger partial charge in [0.2, 0.25) is 0 Å².